The Bertz CT molecular complexity index is 322. The van der Waals surface area contributed by atoms with Gasteiger partial charge in [-0.05, 0) is 33.6 Å². The van der Waals surface area contributed by atoms with Crippen LogP contribution >= 0.6 is 0 Å². The van der Waals surface area contributed by atoms with Gasteiger partial charge in [0.1, 0.15) is 17.7 Å². The van der Waals surface area contributed by atoms with Gasteiger partial charge in [-0.15, -0.1) is 0 Å². The lowest BCUT2D eigenvalue weighted by Gasteiger charge is -2.25. The number of carbonyl (C=O) groups excluding carboxylic acids is 2. The van der Waals surface area contributed by atoms with Crippen LogP contribution in [0.2, 0.25) is 0 Å². The van der Waals surface area contributed by atoms with Gasteiger partial charge in [-0.2, -0.15) is 0 Å². The van der Waals surface area contributed by atoms with Crippen LogP contribution in [0.25, 0.3) is 0 Å². The number of methoxy groups -OCH3 is 1. The van der Waals surface area contributed by atoms with Gasteiger partial charge in [0.25, 0.3) is 0 Å². The van der Waals surface area contributed by atoms with Crippen LogP contribution in [0.15, 0.2) is 0 Å². The van der Waals surface area contributed by atoms with E-state index in [-0.39, 0.29) is 12.0 Å². The Kier molecular flexibility index (Phi) is 7.57. The summed E-state index contributed by atoms with van der Waals surface area (Å²) in [5.74, 6) is -0.597. The topological polar surface area (TPSA) is 73.9 Å². The molecule has 1 amide bonds. The van der Waals surface area contributed by atoms with Crippen molar-refractivity contribution in [2.24, 2.45) is 5.92 Å². The summed E-state index contributed by atoms with van der Waals surface area (Å²) in [5, 5.41) is 2.54. The number of rotatable bonds is 6. The highest BCUT2D eigenvalue weighted by Gasteiger charge is 2.29. The minimum Gasteiger partial charge on any atom is -0.459 e. The molecule has 118 valence electrons. The lowest BCUT2D eigenvalue weighted by molar-refractivity contribution is -0.154. The van der Waals surface area contributed by atoms with Gasteiger partial charge in [-0.25, -0.2) is 9.59 Å². The lowest BCUT2D eigenvalue weighted by Crippen LogP contribution is -2.48. The zero-order valence-corrected chi connectivity index (χ0v) is 13.5. The van der Waals surface area contributed by atoms with Crippen molar-refractivity contribution < 1.29 is 23.8 Å². The van der Waals surface area contributed by atoms with Crippen LogP contribution in [0, 0.1) is 5.92 Å². The van der Waals surface area contributed by atoms with E-state index >= 15 is 0 Å². The maximum Gasteiger partial charge on any atom is 0.408 e. The molecule has 0 aliphatic carbocycles. The molecule has 0 aromatic carbocycles. The van der Waals surface area contributed by atoms with Gasteiger partial charge < -0.3 is 19.5 Å². The highest BCUT2D eigenvalue weighted by Crippen LogP contribution is 2.10. The van der Waals surface area contributed by atoms with E-state index in [0.29, 0.717) is 6.61 Å². The molecule has 6 heteroatoms. The molecule has 0 aromatic heterocycles. The predicted octanol–water partition coefficient (Wildman–Crippen LogP) is 2.11. The van der Waals surface area contributed by atoms with Crippen LogP contribution in [-0.4, -0.2) is 43.5 Å². The van der Waals surface area contributed by atoms with Crippen LogP contribution in [0.1, 0.15) is 41.5 Å². The number of hydrogen-bond acceptors (Lipinski definition) is 5. The Labute approximate surface area is 121 Å². The van der Waals surface area contributed by atoms with Gasteiger partial charge in [-0.1, -0.05) is 13.8 Å². The lowest BCUT2D eigenvalue weighted by atomic mass is 10.1. The third-order valence-electron chi connectivity index (χ3n) is 2.31. The van der Waals surface area contributed by atoms with Crippen LogP contribution in [-0.2, 0) is 19.0 Å². The summed E-state index contributed by atoms with van der Waals surface area (Å²) in [6.45, 7) is 11.0. The Balaban J connectivity index is 4.57. The molecule has 2 atom stereocenters. The first-order chi connectivity index (χ1) is 9.06. The third-order valence-corrected chi connectivity index (χ3v) is 2.31. The largest absolute Gasteiger partial charge is 0.459 e. The summed E-state index contributed by atoms with van der Waals surface area (Å²) in [4.78, 5) is 23.7. The molecule has 0 bridgehead atoms. The normalized spacial score (nSPS) is 14.6. The van der Waals surface area contributed by atoms with Gasteiger partial charge in [0.2, 0.25) is 0 Å². The van der Waals surface area contributed by atoms with Crippen LogP contribution in [0.5, 0.6) is 0 Å². The molecular formula is C14H27NO5. The molecule has 0 saturated carbocycles. The Morgan fingerprint density at radius 2 is 1.70 bits per heavy atom. The number of hydrogen-bond donors (Lipinski definition) is 1. The zero-order valence-electron chi connectivity index (χ0n) is 13.5. The van der Waals surface area contributed by atoms with Crippen molar-refractivity contribution in [1.29, 1.82) is 0 Å². The summed E-state index contributed by atoms with van der Waals surface area (Å²) < 4.78 is 15.3. The maximum atomic E-state index is 12.0. The summed E-state index contributed by atoms with van der Waals surface area (Å²) in [6, 6.07) is -0.746. The van der Waals surface area contributed by atoms with Crippen molar-refractivity contribution in [3.63, 3.8) is 0 Å². The molecule has 0 aliphatic heterocycles. The fraction of sp³-hybridized carbons (Fsp3) is 0.857. The van der Waals surface area contributed by atoms with Crippen molar-refractivity contribution >= 4 is 12.1 Å². The van der Waals surface area contributed by atoms with Gasteiger partial charge in [0, 0.05) is 7.11 Å². The first-order valence-electron chi connectivity index (χ1n) is 6.75. The number of esters is 1. The zero-order chi connectivity index (χ0) is 15.9. The molecule has 0 rings (SSSR count). The highest BCUT2D eigenvalue weighted by atomic mass is 16.6. The molecule has 0 saturated heterocycles. The minimum absolute atomic E-state index is 0.107. The number of nitrogens with one attached hydrogen (secondary N) is 1. The Morgan fingerprint density at radius 3 is 2.10 bits per heavy atom. The van der Waals surface area contributed by atoms with E-state index in [9.17, 15) is 9.59 Å². The second kappa shape index (κ2) is 8.09. The third kappa shape index (κ3) is 7.99. The molecule has 1 N–H and O–H groups in total. The van der Waals surface area contributed by atoms with Crippen molar-refractivity contribution in [1.82, 2.24) is 5.32 Å². The molecule has 0 spiro atoms. The number of alkyl carbamates (subject to hydrolysis) is 1. The van der Waals surface area contributed by atoms with Crippen molar-refractivity contribution in [2.45, 2.75) is 59.3 Å². The molecule has 6 nitrogen and oxygen atoms in total. The Hall–Kier alpha value is -1.30. The van der Waals surface area contributed by atoms with Crippen molar-refractivity contribution in [3.8, 4) is 0 Å². The summed E-state index contributed by atoms with van der Waals surface area (Å²) >= 11 is 0. The first kappa shape index (κ1) is 18.7. The predicted molar refractivity (Wildman–Crippen MR) is 75.4 cm³/mol. The second-order valence-corrected chi connectivity index (χ2v) is 6.07. The molecular weight excluding hydrogens is 262 g/mol. The molecule has 20 heavy (non-hydrogen) atoms. The standard InChI is InChI=1S/C14H27NO5/c1-9(2)11(12(16)19-10(3)8-18-7)15-13(17)20-14(4,5)6/h9-11H,8H2,1-7H3,(H,15,17)/t10-,11?/m0/s1. The quantitative estimate of drug-likeness (QED) is 0.758. The minimum atomic E-state index is -0.746. The smallest absolute Gasteiger partial charge is 0.408 e. The first-order valence-corrected chi connectivity index (χ1v) is 6.75. The molecule has 0 radical (unpaired) electrons. The van der Waals surface area contributed by atoms with E-state index < -0.39 is 23.7 Å². The Morgan fingerprint density at radius 1 is 1.15 bits per heavy atom. The summed E-state index contributed by atoms with van der Waals surface area (Å²) in [7, 11) is 1.53. The SMILES string of the molecule is COC[C@H](C)OC(=O)C(NC(=O)OC(C)(C)C)C(C)C. The molecule has 0 aliphatic rings. The maximum absolute atomic E-state index is 12.0. The fourth-order valence-corrected chi connectivity index (χ4v) is 1.47. The van der Waals surface area contributed by atoms with E-state index in [0.717, 1.165) is 0 Å². The van der Waals surface area contributed by atoms with Crippen molar-refractivity contribution in [2.75, 3.05) is 13.7 Å². The van der Waals surface area contributed by atoms with E-state index in [1.807, 2.05) is 13.8 Å². The highest BCUT2D eigenvalue weighted by molar-refractivity contribution is 5.81. The van der Waals surface area contributed by atoms with Gasteiger partial charge >= 0.3 is 12.1 Å². The van der Waals surface area contributed by atoms with Crippen LogP contribution < -0.4 is 5.32 Å². The van der Waals surface area contributed by atoms with Crippen LogP contribution in [0.4, 0.5) is 4.79 Å². The van der Waals surface area contributed by atoms with Crippen molar-refractivity contribution in [3.05, 3.63) is 0 Å². The summed E-state index contributed by atoms with van der Waals surface area (Å²) in [5.41, 5.74) is -0.612. The number of amides is 1. The van der Waals surface area contributed by atoms with E-state index in [4.69, 9.17) is 14.2 Å². The molecule has 1 unspecified atom stereocenters. The van der Waals surface area contributed by atoms with Gasteiger partial charge in [0.15, 0.2) is 0 Å². The van der Waals surface area contributed by atoms with Crippen LogP contribution in [0.3, 0.4) is 0 Å². The van der Waals surface area contributed by atoms with E-state index in [1.165, 1.54) is 7.11 Å². The fourth-order valence-electron chi connectivity index (χ4n) is 1.47. The van der Waals surface area contributed by atoms with E-state index in [1.54, 1.807) is 27.7 Å². The van der Waals surface area contributed by atoms with Gasteiger partial charge in [0.05, 0.1) is 6.61 Å². The second-order valence-electron chi connectivity index (χ2n) is 6.07. The molecule has 0 fully saturated rings. The van der Waals surface area contributed by atoms with E-state index in [2.05, 4.69) is 5.32 Å². The molecule has 0 heterocycles. The average Bonchev–Trinajstić information content (AvgIpc) is 2.22. The van der Waals surface area contributed by atoms with Gasteiger partial charge in [-0.3, -0.25) is 0 Å². The molecule has 0 aromatic rings. The summed E-state index contributed by atoms with van der Waals surface area (Å²) in [6.07, 6.45) is -0.998. The number of ether oxygens (including phenoxy) is 3. The monoisotopic (exact) mass is 289 g/mol. The number of carbonyl (C=O) groups is 2. The average molecular weight is 289 g/mol.